The minimum atomic E-state index is -0.163. The summed E-state index contributed by atoms with van der Waals surface area (Å²) in [6.45, 7) is 7.41. The molecule has 4 heteroatoms. The highest BCUT2D eigenvalue weighted by Gasteiger charge is 2.10. The molecule has 0 aliphatic heterocycles. The lowest BCUT2D eigenvalue weighted by molar-refractivity contribution is -0.120. The van der Waals surface area contributed by atoms with Crippen LogP contribution in [0.3, 0.4) is 0 Å². The minimum Gasteiger partial charge on any atom is -0.352 e. The Balaban J connectivity index is 2.09. The van der Waals surface area contributed by atoms with Gasteiger partial charge in [-0.1, -0.05) is 18.2 Å². The van der Waals surface area contributed by atoms with Gasteiger partial charge in [-0.3, -0.25) is 0 Å². The van der Waals surface area contributed by atoms with Crippen molar-refractivity contribution < 1.29 is 9.47 Å². The summed E-state index contributed by atoms with van der Waals surface area (Å²) in [7, 11) is 0. The van der Waals surface area contributed by atoms with Crippen molar-refractivity contribution in [3.8, 4) is 0 Å². The Labute approximate surface area is 124 Å². The molecule has 0 saturated heterocycles. The van der Waals surface area contributed by atoms with Crippen LogP contribution in [0.15, 0.2) is 35.4 Å². The van der Waals surface area contributed by atoms with Gasteiger partial charge in [0, 0.05) is 18.6 Å². The summed E-state index contributed by atoms with van der Waals surface area (Å²) < 4.78 is 11.1. The first kappa shape index (κ1) is 15.3. The molecule has 2 aromatic rings. The number of fused-ring (bicyclic) bond motifs is 1. The molecule has 0 spiro atoms. The quantitative estimate of drug-likeness (QED) is 0.569. The van der Waals surface area contributed by atoms with Crippen molar-refractivity contribution in [2.24, 2.45) is 0 Å². The van der Waals surface area contributed by atoms with Crippen LogP contribution in [0.1, 0.15) is 19.4 Å². The van der Waals surface area contributed by atoms with Gasteiger partial charge in [-0.15, -0.1) is 11.8 Å². The first-order chi connectivity index (χ1) is 9.74. The Kier molecular flexibility index (Phi) is 5.83. The Morgan fingerprint density at radius 2 is 1.85 bits per heavy atom. The molecule has 0 radical (unpaired) electrons. The number of para-hydroxylation sites is 1. The fraction of sp³-hybridized carbons (Fsp3) is 0.438. The second-order valence-electron chi connectivity index (χ2n) is 4.45. The van der Waals surface area contributed by atoms with Gasteiger partial charge >= 0.3 is 0 Å². The maximum Gasteiger partial charge on any atom is 0.166 e. The molecule has 0 aliphatic rings. The molecule has 0 bridgehead atoms. The monoisotopic (exact) mass is 291 g/mol. The third kappa shape index (κ3) is 3.95. The van der Waals surface area contributed by atoms with Crippen LogP contribution >= 0.6 is 11.8 Å². The number of nitrogens with zero attached hydrogens (tertiary/aromatic N) is 1. The van der Waals surface area contributed by atoms with Crippen molar-refractivity contribution in [3.63, 3.8) is 0 Å². The number of thioether (sulfide) groups is 1. The maximum absolute atomic E-state index is 5.55. The summed E-state index contributed by atoms with van der Waals surface area (Å²) >= 11 is 1.68. The first-order valence-corrected chi connectivity index (χ1v) is 7.95. The average molecular weight is 291 g/mol. The smallest absolute Gasteiger partial charge is 0.166 e. The molecule has 1 aromatic heterocycles. The summed E-state index contributed by atoms with van der Waals surface area (Å²) in [5, 5.41) is 2.23. The molecular formula is C16H21NO2S. The SMILES string of the molecule is CCOC(CSc1cc(C)c2ccccc2n1)OCC. The van der Waals surface area contributed by atoms with Crippen LogP contribution in [0, 0.1) is 6.92 Å². The number of benzene rings is 1. The van der Waals surface area contributed by atoms with E-state index in [9.17, 15) is 0 Å². The van der Waals surface area contributed by atoms with Gasteiger partial charge in [0.2, 0.25) is 0 Å². The molecular weight excluding hydrogens is 270 g/mol. The van der Waals surface area contributed by atoms with E-state index in [1.807, 2.05) is 26.0 Å². The zero-order valence-corrected chi connectivity index (χ0v) is 13.1. The number of rotatable bonds is 7. The Hall–Kier alpha value is -1.10. The number of aryl methyl sites for hydroxylation is 1. The molecule has 1 aromatic carbocycles. The van der Waals surface area contributed by atoms with Crippen LogP contribution in [0.2, 0.25) is 0 Å². The topological polar surface area (TPSA) is 31.4 Å². The maximum atomic E-state index is 5.55. The lowest BCUT2D eigenvalue weighted by atomic mass is 10.1. The van der Waals surface area contributed by atoms with Gasteiger partial charge in [0.25, 0.3) is 0 Å². The predicted molar refractivity (Wildman–Crippen MR) is 84.2 cm³/mol. The standard InChI is InChI=1S/C16H21NO2S/c1-4-18-16(19-5-2)11-20-15-10-12(3)13-8-6-7-9-14(13)17-15/h6-10,16H,4-5,11H2,1-3H3. The van der Waals surface area contributed by atoms with Gasteiger partial charge in [-0.2, -0.15) is 0 Å². The van der Waals surface area contributed by atoms with Crippen molar-refractivity contribution in [3.05, 3.63) is 35.9 Å². The van der Waals surface area contributed by atoms with E-state index >= 15 is 0 Å². The highest BCUT2D eigenvalue weighted by Crippen LogP contribution is 2.24. The molecule has 0 aliphatic carbocycles. The summed E-state index contributed by atoms with van der Waals surface area (Å²) in [6.07, 6.45) is -0.163. The molecule has 3 nitrogen and oxygen atoms in total. The van der Waals surface area contributed by atoms with E-state index in [-0.39, 0.29) is 6.29 Å². The lowest BCUT2D eigenvalue weighted by Gasteiger charge is -2.16. The normalized spacial score (nSPS) is 11.4. The zero-order valence-electron chi connectivity index (χ0n) is 12.3. The molecule has 20 heavy (non-hydrogen) atoms. The molecule has 0 unspecified atom stereocenters. The highest BCUT2D eigenvalue weighted by molar-refractivity contribution is 7.99. The fourth-order valence-corrected chi connectivity index (χ4v) is 2.98. The third-order valence-corrected chi connectivity index (χ3v) is 3.92. The van der Waals surface area contributed by atoms with Crippen LogP contribution < -0.4 is 0 Å². The fourth-order valence-electron chi connectivity index (χ4n) is 2.06. The molecule has 0 N–H and O–H groups in total. The van der Waals surface area contributed by atoms with Crippen LogP contribution in [0.4, 0.5) is 0 Å². The van der Waals surface area contributed by atoms with Gasteiger partial charge in [0.05, 0.1) is 16.3 Å². The third-order valence-electron chi connectivity index (χ3n) is 2.97. The lowest BCUT2D eigenvalue weighted by Crippen LogP contribution is -2.20. The van der Waals surface area contributed by atoms with Gasteiger partial charge in [0.15, 0.2) is 6.29 Å². The van der Waals surface area contributed by atoms with E-state index in [1.165, 1.54) is 10.9 Å². The Bertz CT molecular complexity index is 553. The number of ether oxygens (including phenoxy) is 2. The number of hydrogen-bond donors (Lipinski definition) is 0. The molecule has 0 saturated carbocycles. The predicted octanol–water partition coefficient (Wildman–Crippen LogP) is 4.03. The molecule has 0 fully saturated rings. The summed E-state index contributed by atoms with van der Waals surface area (Å²) in [4.78, 5) is 4.68. The van der Waals surface area contributed by atoms with Gasteiger partial charge < -0.3 is 9.47 Å². The van der Waals surface area contributed by atoms with Gasteiger partial charge in [-0.25, -0.2) is 4.98 Å². The van der Waals surface area contributed by atoms with E-state index in [4.69, 9.17) is 9.47 Å². The number of hydrogen-bond acceptors (Lipinski definition) is 4. The van der Waals surface area contributed by atoms with Crippen LogP contribution in [0.5, 0.6) is 0 Å². The molecule has 1 heterocycles. The van der Waals surface area contributed by atoms with Crippen molar-refractivity contribution in [1.82, 2.24) is 4.98 Å². The zero-order chi connectivity index (χ0) is 14.4. The average Bonchev–Trinajstić information content (AvgIpc) is 2.45. The van der Waals surface area contributed by atoms with E-state index in [0.29, 0.717) is 13.2 Å². The molecule has 0 atom stereocenters. The van der Waals surface area contributed by atoms with Gasteiger partial charge in [-0.05, 0) is 38.5 Å². The summed E-state index contributed by atoms with van der Waals surface area (Å²) in [5.41, 5.74) is 2.29. The summed E-state index contributed by atoms with van der Waals surface area (Å²) in [6, 6.07) is 10.3. The first-order valence-electron chi connectivity index (χ1n) is 6.97. The van der Waals surface area contributed by atoms with E-state index in [2.05, 4.69) is 30.1 Å². The van der Waals surface area contributed by atoms with Crippen molar-refractivity contribution in [1.29, 1.82) is 0 Å². The number of pyridine rings is 1. The Morgan fingerprint density at radius 3 is 2.55 bits per heavy atom. The molecule has 108 valence electrons. The summed E-state index contributed by atoms with van der Waals surface area (Å²) in [5.74, 6) is 0.756. The molecule has 0 amide bonds. The van der Waals surface area contributed by atoms with E-state index < -0.39 is 0 Å². The highest BCUT2D eigenvalue weighted by atomic mass is 32.2. The molecule has 2 rings (SSSR count). The van der Waals surface area contributed by atoms with Crippen LogP contribution in [0.25, 0.3) is 10.9 Å². The van der Waals surface area contributed by atoms with Crippen LogP contribution in [-0.4, -0.2) is 30.2 Å². The largest absolute Gasteiger partial charge is 0.352 e. The van der Waals surface area contributed by atoms with Crippen molar-refractivity contribution >= 4 is 22.7 Å². The number of aromatic nitrogens is 1. The minimum absolute atomic E-state index is 0.163. The second kappa shape index (κ2) is 7.62. The Morgan fingerprint density at radius 1 is 1.15 bits per heavy atom. The van der Waals surface area contributed by atoms with Crippen LogP contribution in [-0.2, 0) is 9.47 Å². The van der Waals surface area contributed by atoms with E-state index in [0.717, 1.165) is 16.3 Å². The van der Waals surface area contributed by atoms with Gasteiger partial charge in [0.1, 0.15) is 0 Å². The van der Waals surface area contributed by atoms with Crippen molar-refractivity contribution in [2.45, 2.75) is 32.1 Å². The second-order valence-corrected chi connectivity index (χ2v) is 5.49. The van der Waals surface area contributed by atoms with E-state index in [1.54, 1.807) is 11.8 Å². The van der Waals surface area contributed by atoms with Crippen molar-refractivity contribution in [2.75, 3.05) is 19.0 Å².